The number of rotatable bonds is 6. The van der Waals surface area contributed by atoms with Crippen LogP contribution in [0, 0.1) is 5.41 Å². The summed E-state index contributed by atoms with van der Waals surface area (Å²) in [5.74, 6) is -0.0261. The molecule has 1 amide bonds. The van der Waals surface area contributed by atoms with Crippen LogP contribution in [0.4, 0.5) is 0 Å². The van der Waals surface area contributed by atoms with Crippen LogP contribution in [0.25, 0.3) is 0 Å². The monoisotopic (exact) mass is 316 g/mol. The fourth-order valence-corrected chi connectivity index (χ4v) is 3.09. The zero-order valence-electron chi connectivity index (χ0n) is 14.6. The molecule has 1 aliphatic carbocycles. The van der Waals surface area contributed by atoms with E-state index in [1.807, 2.05) is 20.8 Å². The first-order valence-electron chi connectivity index (χ1n) is 8.43. The van der Waals surface area contributed by atoms with Crippen LogP contribution in [-0.2, 0) is 22.4 Å². The summed E-state index contributed by atoms with van der Waals surface area (Å²) in [5.41, 5.74) is 2.44. The van der Waals surface area contributed by atoms with E-state index in [1.165, 1.54) is 11.1 Å². The van der Waals surface area contributed by atoms with Gasteiger partial charge in [0.2, 0.25) is 5.91 Å². The van der Waals surface area contributed by atoms with Crippen LogP contribution < -0.4 is 10.6 Å². The molecule has 1 unspecified atom stereocenters. The lowest BCUT2D eigenvalue weighted by Gasteiger charge is -2.30. The molecule has 0 aliphatic heterocycles. The zero-order valence-corrected chi connectivity index (χ0v) is 14.6. The van der Waals surface area contributed by atoms with Gasteiger partial charge in [0, 0.05) is 12.5 Å². The van der Waals surface area contributed by atoms with Gasteiger partial charge >= 0.3 is 0 Å². The van der Waals surface area contributed by atoms with Gasteiger partial charge in [0.25, 0.3) is 0 Å². The quantitative estimate of drug-likeness (QED) is 0.846. The maximum atomic E-state index is 12.6. The Hall–Kier alpha value is -1.68. The Morgan fingerprint density at radius 3 is 2.22 bits per heavy atom. The highest BCUT2D eigenvalue weighted by Crippen LogP contribution is 2.22. The number of benzene rings is 1. The number of carbonyl (C=O) groups excluding carboxylic acids is 2. The highest BCUT2D eigenvalue weighted by molar-refractivity contribution is 5.91. The van der Waals surface area contributed by atoms with Gasteiger partial charge in [-0.1, -0.05) is 52.0 Å². The van der Waals surface area contributed by atoms with Crippen LogP contribution in [0.3, 0.4) is 0 Å². The molecule has 0 spiro atoms. The highest BCUT2D eigenvalue weighted by Gasteiger charge is 2.32. The standard InChI is InChI=1S/C19H28N2O2/c1-5-17(23)21-18(19(2,3)4)16(22)12-20-15-10-13-8-6-7-9-14(13)11-15/h6-9,15,18,20H,5,10-12H2,1-4H3,(H,21,23). The average molecular weight is 316 g/mol. The number of fused-ring (bicyclic) bond motifs is 1. The van der Waals surface area contributed by atoms with Crippen molar-refractivity contribution in [3.63, 3.8) is 0 Å². The van der Waals surface area contributed by atoms with Crippen LogP contribution in [0.5, 0.6) is 0 Å². The van der Waals surface area contributed by atoms with E-state index in [9.17, 15) is 9.59 Å². The van der Waals surface area contributed by atoms with Crippen molar-refractivity contribution in [2.24, 2.45) is 5.41 Å². The molecule has 0 fully saturated rings. The van der Waals surface area contributed by atoms with Crippen molar-refractivity contribution < 1.29 is 9.59 Å². The van der Waals surface area contributed by atoms with E-state index in [4.69, 9.17) is 0 Å². The van der Waals surface area contributed by atoms with Crippen molar-refractivity contribution in [1.29, 1.82) is 0 Å². The van der Waals surface area contributed by atoms with E-state index in [0.717, 1.165) is 12.8 Å². The van der Waals surface area contributed by atoms with E-state index >= 15 is 0 Å². The van der Waals surface area contributed by atoms with E-state index in [2.05, 4.69) is 34.9 Å². The second-order valence-corrected chi connectivity index (χ2v) is 7.44. The predicted molar refractivity (Wildman–Crippen MR) is 92.3 cm³/mol. The minimum atomic E-state index is -0.453. The molecule has 1 aromatic carbocycles. The molecule has 1 atom stereocenters. The molecule has 0 bridgehead atoms. The maximum absolute atomic E-state index is 12.6. The third kappa shape index (κ3) is 4.64. The number of nitrogens with one attached hydrogen (secondary N) is 2. The number of hydrogen-bond acceptors (Lipinski definition) is 3. The van der Waals surface area contributed by atoms with Crippen molar-refractivity contribution in [3.05, 3.63) is 35.4 Å². The van der Waals surface area contributed by atoms with Crippen molar-refractivity contribution in [3.8, 4) is 0 Å². The first kappa shape index (κ1) is 17.7. The summed E-state index contributed by atoms with van der Waals surface area (Å²) in [6, 6.07) is 8.27. The zero-order chi connectivity index (χ0) is 17.0. The van der Waals surface area contributed by atoms with Crippen LogP contribution in [-0.4, -0.2) is 30.3 Å². The van der Waals surface area contributed by atoms with E-state index in [0.29, 0.717) is 19.0 Å². The topological polar surface area (TPSA) is 58.2 Å². The Kier molecular flexibility index (Phi) is 5.58. The molecule has 2 N–H and O–H groups in total. The van der Waals surface area contributed by atoms with Crippen LogP contribution in [0.2, 0.25) is 0 Å². The molecule has 4 heteroatoms. The highest BCUT2D eigenvalue weighted by atomic mass is 16.2. The normalized spacial score (nSPS) is 16.0. The minimum absolute atomic E-state index is 0.0512. The Balaban J connectivity index is 1.91. The van der Waals surface area contributed by atoms with Gasteiger partial charge in [-0.3, -0.25) is 9.59 Å². The lowest BCUT2D eigenvalue weighted by molar-refractivity contribution is -0.129. The lowest BCUT2D eigenvalue weighted by atomic mass is 9.84. The van der Waals surface area contributed by atoms with Gasteiger partial charge < -0.3 is 10.6 Å². The summed E-state index contributed by atoms with van der Waals surface area (Å²) in [5, 5.41) is 6.24. The Bertz CT molecular complexity index is 550. The Labute approximate surface area is 139 Å². The summed E-state index contributed by atoms with van der Waals surface area (Å²) in [4.78, 5) is 24.3. The molecule has 0 radical (unpaired) electrons. The molecule has 0 heterocycles. The van der Waals surface area contributed by atoms with Crippen LogP contribution in [0.15, 0.2) is 24.3 Å². The van der Waals surface area contributed by atoms with Crippen LogP contribution >= 0.6 is 0 Å². The van der Waals surface area contributed by atoms with E-state index in [-0.39, 0.29) is 17.1 Å². The number of amides is 1. The van der Waals surface area contributed by atoms with Gasteiger partial charge in [-0.2, -0.15) is 0 Å². The third-order valence-electron chi connectivity index (χ3n) is 4.43. The Morgan fingerprint density at radius 2 is 1.74 bits per heavy atom. The van der Waals surface area contributed by atoms with Gasteiger partial charge in [-0.15, -0.1) is 0 Å². The van der Waals surface area contributed by atoms with Crippen molar-refractivity contribution in [2.45, 2.75) is 59.0 Å². The molecular weight excluding hydrogens is 288 g/mol. The first-order chi connectivity index (χ1) is 10.8. The molecule has 4 nitrogen and oxygen atoms in total. The molecule has 2 rings (SSSR count). The predicted octanol–water partition coefficient (Wildman–Crippen LogP) is 2.25. The van der Waals surface area contributed by atoms with Crippen molar-refractivity contribution >= 4 is 11.7 Å². The van der Waals surface area contributed by atoms with E-state index in [1.54, 1.807) is 6.92 Å². The number of carbonyl (C=O) groups is 2. The summed E-state index contributed by atoms with van der Waals surface area (Å²) >= 11 is 0. The Morgan fingerprint density at radius 1 is 1.17 bits per heavy atom. The van der Waals surface area contributed by atoms with Gasteiger partial charge in [-0.05, 0) is 29.4 Å². The molecule has 23 heavy (non-hydrogen) atoms. The molecule has 0 saturated heterocycles. The fraction of sp³-hybridized carbons (Fsp3) is 0.579. The SMILES string of the molecule is CCC(=O)NC(C(=O)CNC1Cc2ccccc2C1)C(C)(C)C. The number of ketones is 1. The van der Waals surface area contributed by atoms with Gasteiger partial charge in [0.05, 0.1) is 12.6 Å². The van der Waals surface area contributed by atoms with Crippen molar-refractivity contribution in [2.75, 3.05) is 6.54 Å². The number of Topliss-reactive ketones (excluding diaryl/α,β-unsaturated/α-hetero) is 1. The van der Waals surface area contributed by atoms with Gasteiger partial charge in [0.1, 0.15) is 0 Å². The first-order valence-corrected chi connectivity index (χ1v) is 8.43. The van der Waals surface area contributed by atoms with Gasteiger partial charge in [0.15, 0.2) is 5.78 Å². The largest absolute Gasteiger partial charge is 0.346 e. The molecule has 1 aliphatic rings. The lowest BCUT2D eigenvalue weighted by Crippen LogP contribution is -2.52. The smallest absolute Gasteiger partial charge is 0.220 e. The molecule has 0 aromatic heterocycles. The minimum Gasteiger partial charge on any atom is -0.346 e. The second kappa shape index (κ2) is 7.26. The van der Waals surface area contributed by atoms with E-state index < -0.39 is 6.04 Å². The maximum Gasteiger partial charge on any atom is 0.220 e. The van der Waals surface area contributed by atoms with Crippen molar-refractivity contribution in [1.82, 2.24) is 10.6 Å². The van der Waals surface area contributed by atoms with Gasteiger partial charge in [-0.25, -0.2) is 0 Å². The molecule has 1 aromatic rings. The summed E-state index contributed by atoms with van der Waals surface area (Å²) in [6.07, 6.45) is 2.32. The average Bonchev–Trinajstić information content (AvgIpc) is 2.91. The number of hydrogen-bond donors (Lipinski definition) is 2. The molecule has 0 saturated carbocycles. The summed E-state index contributed by atoms with van der Waals surface area (Å²) < 4.78 is 0. The second-order valence-electron chi connectivity index (χ2n) is 7.44. The fourth-order valence-electron chi connectivity index (χ4n) is 3.09. The summed E-state index contributed by atoms with van der Waals surface area (Å²) in [6.45, 7) is 8.04. The molecule has 126 valence electrons. The molecular formula is C19H28N2O2. The summed E-state index contributed by atoms with van der Waals surface area (Å²) in [7, 11) is 0. The van der Waals surface area contributed by atoms with Crippen LogP contribution in [0.1, 0.15) is 45.2 Å². The third-order valence-corrected chi connectivity index (χ3v) is 4.43.